The molecule has 16 heavy (non-hydrogen) atoms. The van der Waals surface area contributed by atoms with E-state index < -0.39 is 0 Å². The molecule has 0 spiro atoms. The van der Waals surface area contributed by atoms with Crippen LogP contribution in [0, 0.1) is 11.3 Å². The largest absolute Gasteiger partial charge is 0.495 e. The third kappa shape index (κ3) is 3.23. The van der Waals surface area contributed by atoms with Crippen molar-refractivity contribution in [1.29, 1.82) is 5.26 Å². The summed E-state index contributed by atoms with van der Waals surface area (Å²) in [4.78, 5) is 2.11. The molecule has 0 unspecified atom stereocenters. The maximum absolute atomic E-state index is 8.95. The zero-order chi connectivity index (χ0) is 12.0. The van der Waals surface area contributed by atoms with Crippen LogP contribution in [-0.4, -0.2) is 32.1 Å². The van der Waals surface area contributed by atoms with Gasteiger partial charge in [0.15, 0.2) is 0 Å². The molecule has 0 aliphatic heterocycles. The van der Waals surface area contributed by atoms with Gasteiger partial charge in [-0.05, 0) is 24.7 Å². The molecule has 0 amide bonds. The summed E-state index contributed by atoms with van der Waals surface area (Å²) in [5.41, 5.74) is 7.13. The van der Waals surface area contributed by atoms with Gasteiger partial charge >= 0.3 is 0 Å². The molecule has 0 heterocycles. The van der Waals surface area contributed by atoms with E-state index in [1.54, 1.807) is 7.11 Å². The van der Waals surface area contributed by atoms with Gasteiger partial charge in [0.05, 0.1) is 12.7 Å². The Morgan fingerprint density at radius 2 is 2.25 bits per heavy atom. The topological polar surface area (TPSA) is 62.3 Å². The molecule has 0 saturated heterocycles. The molecule has 0 aliphatic carbocycles. The predicted octanol–water partition coefficient (Wildman–Crippen LogP) is 0.957. The van der Waals surface area contributed by atoms with Gasteiger partial charge in [-0.2, -0.15) is 5.26 Å². The van der Waals surface area contributed by atoms with Crippen molar-refractivity contribution in [3.05, 3.63) is 29.3 Å². The molecule has 4 nitrogen and oxygen atoms in total. The lowest BCUT2D eigenvalue weighted by molar-refractivity contribution is 0.336. The molecule has 0 aliphatic rings. The number of nitrogens with zero attached hydrogens (tertiary/aromatic N) is 2. The van der Waals surface area contributed by atoms with Crippen LogP contribution < -0.4 is 10.5 Å². The first-order chi connectivity index (χ1) is 7.71. The van der Waals surface area contributed by atoms with Crippen molar-refractivity contribution >= 4 is 0 Å². The molecule has 1 aromatic carbocycles. The highest BCUT2D eigenvalue weighted by Gasteiger charge is 2.05. The zero-order valence-electron chi connectivity index (χ0n) is 9.73. The SMILES string of the molecule is COc1ccc(CN(C)CCN)cc1C#N. The highest BCUT2D eigenvalue weighted by Crippen LogP contribution is 2.19. The van der Waals surface area contributed by atoms with E-state index in [0.29, 0.717) is 17.9 Å². The summed E-state index contributed by atoms with van der Waals surface area (Å²) < 4.78 is 5.09. The summed E-state index contributed by atoms with van der Waals surface area (Å²) in [6.07, 6.45) is 0. The van der Waals surface area contributed by atoms with Crippen molar-refractivity contribution in [2.45, 2.75) is 6.54 Å². The first-order valence-corrected chi connectivity index (χ1v) is 5.17. The minimum absolute atomic E-state index is 0.571. The Bertz CT molecular complexity index is 384. The Morgan fingerprint density at radius 3 is 2.81 bits per heavy atom. The van der Waals surface area contributed by atoms with Crippen LogP contribution in [0.1, 0.15) is 11.1 Å². The Balaban J connectivity index is 2.80. The number of benzene rings is 1. The van der Waals surface area contributed by atoms with Crippen molar-refractivity contribution in [3.8, 4) is 11.8 Å². The minimum atomic E-state index is 0.571. The van der Waals surface area contributed by atoms with Crippen LogP contribution in [0.3, 0.4) is 0 Å². The fraction of sp³-hybridized carbons (Fsp3) is 0.417. The predicted molar refractivity (Wildman–Crippen MR) is 63.1 cm³/mol. The molecule has 86 valence electrons. The molecule has 0 fully saturated rings. The Labute approximate surface area is 96.2 Å². The second-order valence-electron chi connectivity index (χ2n) is 3.67. The highest BCUT2D eigenvalue weighted by molar-refractivity contribution is 5.45. The number of nitrogens with two attached hydrogens (primary N) is 1. The summed E-state index contributed by atoms with van der Waals surface area (Å²) >= 11 is 0. The maximum Gasteiger partial charge on any atom is 0.136 e. The number of hydrogen-bond acceptors (Lipinski definition) is 4. The Hall–Kier alpha value is -1.57. The molecule has 1 aromatic rings. The van der Waals surface area contributed by atoms with Gasteiger partial charge in [0.2, 0.25) is 0 Å². The number of ether oxygens (including phenoxy) is 1. The number of hydrogen-bond donors (Lipinski definition) is 1. The summed E-state index contributed by atoms with van der Waals surface area (Å²) in [7, 11) is 3.57. The van der Waals surface area contributed by atoms with Crippen molar-refractivity contribution in [2.75, 3.05) is 27.2 Å². The fourth-order valence-electron chi connectivity index (χ4n) is 1.55. The van der Waals surface area contributed by atoms with Crippen LogP contribution in [0.2, 0.25) is 0 Å². The first-order valence-electron chi connectivity index (χ1n) is 5.17. The molecular weight excluding hydrogens is 202 g/mol. The van der Waals surface area contributed by atoms with Gasteiger partial charge in [-0.1, -0.05) is 6.07 Å². The maximum atomic E-state index is 8.95. The summed E-state index contributed by atoms with van der Waals surface area (Å²) in [6.45, 7) is 2.27. The molecule has 0 saturated carbocycles. The molecular formula is C12H17N3O. The van der Waals surface area contributed by atoms with Gasteiger partial charge in [0, 0.05) is 19.6 Å². The Kier molecular flexibility index (Phi) is 4.77. The normalized spacial score (nSPS) is 10.2. The van der Waals surface area contributed by atoms with Gasteiger partial charge in [-0.3, -0.25) is 0 Å². The molecule has 1 rings (SSSR count). The van der Waals surface area contributed by atoms with E-state index in [4.69, 9.17) is 15.7 Å². The van der Waals surface area contributed by atoms with Crippen LogP contribution in [0.25, 0.3) is 0 Å². The van der Waals surface area contributed by atoms with Crippen LogP contribution in [0.4, 0.5) is 0 Å². The second-order valence-corrected chi connectivity index (χ2v) is 3.67. The van der Waals surface area contributed by atoms with Crippen LogP contribution in [-0.2, 0) is 6.54 Å². The van der Waals surface area contributed by atoms with E-state index in [9.17, 15) is 0 Å². The highest BCUT2D eigenvalue weighted by atomic mass is 16.5. The smallest absolute Gasteiger partial charge is 0.136 e. The van der Waals surface area contributed by atoms with Crippen molar-refractivity contribution in [2.24, 2.45) is 5.73 Å². The van der Waals surface area contributed by atoms with E-state index in [-0.39, 0.29) is 0 Å². The summed E-state index contributed by atoms with van der Waals surface area (Å²) in [6, 6.07) is 7.77. The fourth-order valence-corrected chi connectivity index (χ4v) is 1.55. The average molecular weight is 219 g/mol. The monoisotopic (exact) mass is 219 g/mol. The van der Waals surface area contributed by atoms with Gasteiger partial charge in [-0.25, -0.2) is 0 Å². The average Bonchev–Trinajstić information content (AvgIpc) is 2.29. The van der Waals surface area contributed by atoms with Gasteiger partial charge in [-0.15, -0.1) is 0 Å². The van der Waals surface area contributed by atoms with Crippen molar-refractivity contribution in [3.63, 3.8) is 0 Å². The molecule has 4 heteroatoms. The van der Waals surface area contributed by atoms with E-state index in [2.05, 4.69) is 11.0 Å². The zero-order valence-corrected chi connectivity index (χ0v) is 9.73. The molecule has 2 N–H and O–H groups in total. The van der Waals surface area contributed by atoms with E-state index in [1.165, 1.54) is 0 Å². The minimum Gasteiger partial charge on any atom is -0.495 e. The molecule has 0 atom stereocenters. The van der Waals surface area contributed by atoms with Crippen molar-refractivity contribution in [1.82, 2.24) is 4.90 Å². The summed E-state index contributed by atoms with van der Waals surface area (Å²) in [5, 5.41) is 8.95. The quantitative estimate of drug-likeness (QED) is 0.801. The number of methoxy groups -OCH3 is 1. The third-order valence-corrected chi connectivity index (χ3v) is 2.35. The lowest BCUT2D eigenvalue weighted by Gasteiger charge is -2.15. The Morgan fingerprint density at radius 1 is 1.50 bits per heavy atom. The van der Waals surface area contributed by atoms with Gasteiger partial charge in [0.25, 0.3) is 0 Å². The van der Waals surface area contributed by atoms with Gasteiger partial charge in [0.1, 0.15) is 11.8 Å². The van der Waals surface area contributed by atoms with Crippen LogP contribution in [0.15, 0.2) is 18.2 Å². The van der Waals surface area contributed by atoms with Crippen LogP contribution in [0.5, 0.6) is 5.75 Å². The number of nitriles is 1. The standard InChI is InChI=1S/C12H17N3O/c1-15(6-5-13)9-10-3-4-12(16-2)11(7-10)8-14/h3-4,7H,5-6,9,13H2,1-2H3. The number of rotatable bonds is 5. The first kappa shape index (κ1) is 12.5. The van der Waals surface area contributed by atoms with Crippen molar-refractivity contribution < 1.29 is 4.74 Å². The van der Waals surface area contributed by atoms with E-state index in [1.807, 2.05) is 25.2 Å². The lowest BCUT2D eigenvalue weighted by atomic mass is 10.1. The van der Waals surface area contributed by atoms with Crippen LogP contribution >= 0.6 is 0 Å². The molecule has 0 bridgehead atoms. The summed E-state index contributed by atoms with van der Waals surface area (Å²) in [5.74, 6) is 0.618. The third-order valence-electron chi connectivity index (χ3n) is 2.35. The van der Waals surface area contributed by atoms with E-state index in [0.717, 1.165) is 18.7 Å². The molecule has 0 aromatic heterocycles. The molecule has 0 radical (unpaired) electrons. The second kappa shape index (κ2) is 6.11. The van der Waals surface area contributed by atoms with Gasteiger partial charge < -0.3 is 15.4 Å². The lowest BCUT2D eigenvalue weighted by Crippen LogP contribution is -2.24. The van der Waals surface area contributed by atoms with E-state index >= 15 is 0 Å². The number of likely N-dealkylation sites (N-methyl/N-ethyl adjacent to an activating group) is 1.